The number of hydrogen-bond acceptors (Lipinski definition) is 7. The molecule has 31 heavy (non-hydrogen) atoms. The second-order valence-corrected chi connectivity index (χ2v) is 7.13. The number of benzene rings is 2. The highest BCUT2D eigenvalue weighted by molar-refractivity contribution is 5.96. The molecule has 0 bridgehead atoms. The van der Waals surface area contributed by atoms with Crippen molar-refractivity contribution in [3.63, 3.8) is 0 Å². The maximum Gasteiger partial charge on any atom is 0.251 e. The van der Waals surface area contributed by atoms with Crippen LogP contribution in [0.4, 0.5) is 5.69 Å². The third kappa shape index (κ3) is 5.35. The van der Waals surface area contributed by atoms with Gasteiger partial charge in [-0.15, -0.1) is 0 Å². The Kier molecular flexibility index (Phi) is 7.15. The molecule has 1 amide bonds. The second-order valence-electron chi connectivity index (χ2n) is 7.13. The van der Waals surface area contributed by atoms with Gasteiger partial charge in [0.25, 0.3) is 5.91 Å². The number of aliphatic hydroxyl groups excluding tert-OH is 1. The van der Waals surface area contributed by atoms with E-state index in [1.165, 1.54) is 7.11 Å². The topological polar surface area (TPSA) is 116 Å². The summed E-state index contributed by atoms with van der Waals surface area (Å²) in [5, 5.41) is 12.6. The third-order valence-electron chi connectivity index (χ3n) is 4.60. The van der Waals surface area contributed by atoms with Crippen LogP contribution in [0.2, 0.25) is 0 Å². The molecule has 1 heterocycles. The van der Waals surface area contributed by atoms with Gasteiger partial charge in [0, 0.05) is 16.9 Å². The number of fused-ring (bicyclic) bond motifs is 1. The predicted octanol–water partition coefficient (Wildman–Crippen LogP) is 2.70. The summed E-state index contributed by atoms with van der Waals surface area (Å²) >= 11 is 0. The molecular weight excluding hydrogens is 398 g/mol. The van der Waals surface area contributed by atoms with Gasteiger partial charge in [0.2, 0.25) is 0 Å². The first-order valence-electron chi connectivity index (χ1n) is 9.94. The first kappa shape index (κ1) is 22.2. The number of amides is 1. The first-order chi connectivity index (χ1) is 14.9. The van der Waals surface area contributed by atoms with Crippen molar-refractivity contribution in [3.8, 4) is 17.2 Å². The molecular formula is C23H27N3O5. The van der Waals surface area contributed by atoms with Crippen molar-refractivity contribution >= 4 is 22.5 Å². The van der Waals surface area contributed by atoms with Gasteiger partial charge in [-0.25, -0.2) is 0 Å². The normalized spacial score (nSPS) is 11.7. The summed E-state index contributed by atoms with van der Waals surface area (Å²) in [5.74, 6) is 1.23. The van der Waals surface area contributed by atoms with Gasteiger partial charge in [-0.1, -0.05) is 6.07 Å². The van der Waals surface area contributed by atoms with Crippen LogP contribution in [-0.2, 0) is 0 Å². The molecule has 2 aromatic carbocycles. The Morgan fingerprint density at radius 3 is 2.71 bits per heavy atom. The van der Waals surface area contributed by atoms with Crippen LogP contribution < -0.4 is 25.3 Å². The highest BCUT2D eigenvalue weighted by atomic mass is 16.5. The van der Waals surface area contributed by atoms with E-state index in [9.17, 15) is 4.79 Å². The Morgan fingerprint density at radius 2 is 1.97 bits per heavy atom. The molecule has 0 saturated carbocycles. The number of anilines is 1. The van der Waals surface area contributed by atoms with Crippen LogP contribution in [0.5, 0.6) is 17.2 Å². The van der Waals surface area contributed by atoms with Crippen LogP contribution in [0.1, 0.15) is 23.0 Å². The number of rotatable bonds is 9. The highest BCUT2D eigenvalue weighted by Gasteiger charge is 2.15. The van der Waals surface area contributed by atoms with Crippen molar-refractivity contribution < 1.29 is 24.1 Å². The van der Waals surface area contributed by atoms with Crippen molar-refractivity contribution in [3.05, 3.63) is 53.7 Å². The molecule has 0 saturated heterocycles. The van der Waals surface area contributed by atoms with Crippen LogP contribution in [-0.4, -0.2) is 49.0 Å². The number of nitrogens with zero attached hydrogens (tertiary/aromatic N) is 1. The van der Waals surface area contributed by atoms with E-state index in [1.54, 1.807) is 18.2 Å². The summed E-state index contributed by atoms with van der Waals surface area (Å²) in [5.41, 5.74) is 8.80. The molecule has 0 aliphatic carbocycles. The number of hydrogen-bond donors (Lipinski definition) is 3. The van der Waals surface area contributed by atoms with Crippen molar-refractivity contribution in [1.82, 2.24) is 10.3 Å². The quantitative estimate of drug-likeness (QED) is 0.483. The van der Waals surface area contributed by atoms with Gasteiger partial charge in [0.15, 0.2) is 11.5 Å². The Balaban J connectivity index is 1.66. The van der Waals surface area contributed by atoms with Crippen LogP contribution in [0.3, 0.4) is 0 Å². The smallest absolute Gasteiger partial charge is 0.251 e. The van der Waals surface area contributed by atoms with E-state index in [2.05, 4.69) is 10.3 Å². The van der Waals surface area contributed by atoms with Gasteiger partial charge in [-0.05, 0) is 50.2 Å². The van der Waals surface area contributed by atoms with Gasteiger partial charge in [0.05, 0.1) is 30.7 Å². The zero-order chi connectivity index (χ0) is 22.4. The van der Waals surface area contributed by atoms with E-state index in [1.807, 2.05) is 38.1 Å². The summed E-state index contributed by atoms with van der Waals surface area (Å²) in [6.45, 7) is 4.03. The number of ether oxygens (including phenoxy) is 3. The summed E-state index contributed by atoms with van der Waals surface area (Å²) in [6.07, 6.45) is 0. The third-order valence-corrected chi connectivity index (χ3v) is 4.60. The number of methoxy groups -OCH3 is 1. The summed E-state index contributed by atoms with van der Waals surface area (Å²) in [6, 6.07) is 12.0. The maximum absolute atomic E-state index is 12.6. The molecule has 0 spiro atoms. The number of aromatic nitrogens is 1. The minimum Gasteiger partial charge on any atom is -0.493 e. The lowest BCUT2D eigenvalue weighted by atomic mass is 10.1. The Bertz CT molecular complexity index is 1070. The molecule has 0 radical (unpaired) electrons. The molecule has 0 aliphatic rings. The average molecular weight is 425 g/mol. The molecule has 1 aromatic heterocycles. The summed E-state index contributed by atoms with van der Waals surface area (Å²) < 4.78 is 16.6. The Hall–Kier alpha value is -3.52. The number of pyridine rings is 1. The molecule has 3 rings (SSSR count). The van der Waals surface area contributed by atoms with Crippen molar-refractivity contribution in [1.29, 1.82) is 0 Å². The standard InChI is InChI=1S/C23H27N3O5/c1-14-11-17(24)22-18(25-14)5-4-6-20(22)31-13-15(2)26-23(28)16-7-8-19(30-10-9-27)21(12-16)29-3/h4-8,11-12,15,27H,9-10,13H2,1-3H3,(H2,24,25)(H,26,28). The fraction of sp³-hybridized carbons (Fsp3) is 0.304. The van der Waals surface area contributed by atoms with Crippen LogP contribution in [0.15, 0.2) is 42.5 Å². The van der Waals surface area contributed by atoms with Gasteiger partial charge >= 0.3 is 0 Å². The molecule has 1 atom stereocenters. The lowest BCUT2D eigenvalue weighted by Crippen LogP contribution is -2.36. The lowest BCUT2D eigenvalue weighted by Gasteiger charge is -2.17. The molecule has 4 N–H and O–H groups in total. The zero-order valence-electron chi connectivity index (χ0n) is 17.8. The first-order valence-corrected chi connectivity index (χ1v) is 9.94. The lowest BCUT2D eigenvalue weighted by molar-refractivity contribution is 0.0926. The zero-order valence-corrected chi connectivity index (χ0v) is 17.8. The summed E-state index contributed by atoms with van der Waals surface area (Å²) in [7, 11) is 1.49. The number of carbonyl (C=O) groups is 1. The van der Waals surface area contributed by atoms with E-state index in [0.717, 1.165) is 16.6 Å². The molecule has 164 valence electrons. The van der Waals surface area contributed by atoms with E-state index in [0.29, 0.717) is 28.5 Å². The van der Waals surface area contributed by atoms with Crippen molar-refractivity contribution in [2.24, 2.45) is 0 Å². The number of carbonyl (C=O) groups excluding carboxylic acids is 1. The molecule has 8 heteroatoms. The number of nitrogen functional groups attached to an aromatic ring is 1. The van der Waals surface area contributed by atoms with Gasteiger partial charge in [-0.3, -0.25) is 9.78 Å². The number of nitrogens with one attached hydrogen (secondary N) is 1. The Labute approximate surface area is 180 Å². The largest absolute Gasteiger partial charge is 0.493 e. The van der Waals surface area contributed by atoms with Gasteiger partial charge in [0.1, 0.15) is 19.0 Å². The average Bonchev–Trinajstić information content (AvgIpc) is 2.75. The molecule has 8 nitrogen and oxygen atoms in total. The van der Waals surface area contributed by atoms with E-state index < -0.39 is 0 Å². The highest BCUT2D eigenvalue weighted by Crippen LogP contribution is 2.30. The van der Waals surface area contributed by atoms with Crippen LogP contribution in [0, 0.1) is 6.92 Å². The van der Waals surface area contributed by atoms with Gasteiger partial charge < -0.3 is 30.4 Å². The van der Waals surface area contributed by atoms with Gasteiger partial charge in [-0.2, -0.15) is 0 Å². The number of aryl methyl sites for hydroxylation is 1. The minimum atomic E-state index is -0.266. The predicted molar refractivity (Wildman–Crippen MR) is 119 cm³/mol. The van der Waals surface area contributed by atoms with E-state index >= 15 is 0 Å². The fourth-order valence-corrected chi connectivity index (χ4v) is 3.19. The SMILES string of the molecule is COc1cc(C(=O)NC(C)COc2cccc3nc(C)cc(N)c23)ccc1OCCO. The second kappa shape index (κ2) is 9.99. The Morgan fingerprint density at radius 1 is 1.16 bits per heavy atom. The van der Waals surface area contributed by atoms with E-state index in [-0.39, 0.29) is 31.8 Å². The molecule has 1 unspecified atom stereocenters. The minimum absolute atomic E-state index is 0.110. The monoisotopic (exact) mass is 425 g/mol. The van der Waals surface area contributed by atoms with E-state index in [4.69, 9.17) is 25.1 Å². The fourth-order valence-electron chi connectivity index (χ4n) is 3.19. The molecule has 0 fully saturated rings. The van der Waals surface area contributed by atoms with Crippen LogP contribution >= 0.6 is 0 Å². The molecule has 0 aliphatic heterocycles. The number of nitrogens with two attached hydrogens (primary N) is 1. The van der Waals surface area contributed by atoms with Crippen molar-refractivity contribution in [2.45, 2.75) is 19.9 Å². The van der Waals surface area contributed by atoms with Crippen LogP contribution in [0.25, 0.3) is 10.9 Å². The van der Waals surface area contributed by atoms with Crippen molar-refractivity contribution in [2.75, 3.05) is 32.7 Å². The summed E-state index contributed by atoms with van der Waals surface area (Å²) in [4.78, 5) is 17.1. The molecule has 3 aromatic rings. The maximum atomic E-state index is 12.6. The number of aliphatic hydroxyl groups is 1.